The lowest BCUT2D eigenvalue weighted by Crippen LogP contribution is -2.46. The third-order valence-electron chi connectivity index (χ3n) is 4.41. The molecule has 7 nitrogen and oxygen atoms in total. The molecule has 1 aliphatic rings. The highest BCUT2D eigenvalue weighted by Crippen LogP contribution is 2.26. The molecule has 0 saturated carbocycles. The van der Waals surface area contributed by atoms with E-state index in [4.69, 9.17) is 0 Å². The molecule has 1 atom stereocenters. The van der Waals surface area contributed by atoms with Crippen LogP contribution in [0.5, 0.6) is 0 Å². The molecule has 7 heteroatoms. The number of imidazole rings is 1. The van der Waals surface area contributed by atoms with Crippen molar-refractivity contribution in [3.05, 3.63) is 43.1 Å². The second-order valence-corrected chi connectivity index (χ2v) is 6.38. The van der Waals surface area contributed by atoms with E-state index < -0.39 is 5.60 Å². The molecular weight excluding hydrogens is 306 g/mol. The predicted octanol–water partition coefficient (Wildman–Crippen LogP) is 0.768. The van der Waals surface area contributed by atoms with Crippen LogP contribution >= 0.6 is 0 Å². The Hall–Kier alpha value is -2.41. The summed E-state index contributed by atoms with van der Waals surface area (Å²) in [6.07, 6.45) is 8.00. The molecule has 1 fully saturated rings. The maximum absolute atomic E-state index is 12.3. The van der Waals surface area contributed by atoms with Crippen molar-refractivity contribution in [2.75, 3.05) is 31.6 Å². The van der Waals surface area contributed by atoms with E-state index in [9.17, 15) is 9.90 Å². The fraction of sp³-hybridized carbons (Fsp3) is 0.471. The molecule has 2 aromatic heterocycles. The first-order valence-corrected chi connectivity index (χ1v) is 8.14. The Kier molecular flexibility index (Phi) is 4.80. The number of rotatable bonds is 6. The number of carbonyl (C=O) groups is 1. The van der Waals surface area contributed by atoms with Gasteiger partial charge in [-0.15, -0.1) is 0 Å². The number of hydrogen-bond donors (Lipinski definition) is 1. The van der Waals surface area contributed by atoms with Gasteiger partial charge in [-0.3, -0.25) is 4.79 Å². The van der Waals surface area contributed by atoms with Crippen molar-refractivity contribution in [1.82, 2.24) is 19.4 Å². The fourth-order valence-corrected chi connectivity index (χ4v) is 3.09. The molecule has 1 unspecified atom stereocenters. The average molecular weight is 329 g/mol. The normalized spacial score (nSPS) is 20.3. The topological polar surface area (TPSA) is 74.5 Å². The Morgan fingerprint density at radius 3 is 3.00 bits per heavy atom. The van der Waals surface area contributed by atoms with Crippen molar-refractivity contribution in [3.63, 3.8) is 0 Å². The highest BCUT2D eigenvalue weighted by molar-refractivity contribution is 5.75. The van der Waals surface area contributed by atoms with Crippen LogP contribution in [-0.2, 0) is 11.3 Å². The van der Waals surface area contributed by atoms with Gasteiger partial charge in [0.1, 0.15) is 11.4 Å². The lowest BCUT2D eigenvalue weighted by molar-refractivity contribution is -0.133. The quantitative estimate of drug-likeness (QED) is 0.847. The van der Waals surface area contributed by atoms with Gasteiger partial charge in [-0.1, -0.05) is 6.07 Å². The number of aryl methyl sites for hydroxylation is 1. The van der Waals surface area contributed by atoms with Crippen LogP contribution in [0.3, 0.4) is 0 Å². The average Bonchev–Trinajstić information content (AvgIpc) is 3.23. The summed E-state index contributed by atoms with van der Waals surface area (Å²) >= 11 is 0. The number of nitrogens with zero attached hydrogens (tertiary/aromatic N) is 5. The van der Waals surface area contributed by atoms with Crippen LogP contribution < -0.4 is 4.90 Å². The van der Waals surface area contributed by atoms with E-state index in [1.54, 1.807) is 30.7 Å². The first kappa shape index (κ1) is 16.4. The molecule has 3 rings (SSSR count). The van der Waals surface area contributed by atoms with Crippen LogP contribution in [0.25, 0.3) is 0 Å². The number of aliphatic hydroxyl groups is 1. The Labute approximate surface area is 141 Å². The molecular formula is C17H23N5O2. The van der Waals surface area contributed by atoms with Crippen LogP contribution in [-0.4, -0.2) is 62.7 Å². The molecule has 0 spiro atoms. The number of hydrogen-bond acceptors (Lipinski definition) is 5. The zero-order valence-electron chi connectivity index (χ0n) is 13.9. The van der Waals surface area contributed by atoms with E-state index >= 15 is 0 Å². The van der Waals surface area contributed by atoms with Crippen molar-refractivity contribution in [3.8, 4) is 0 Å². The molecule has 1 N–H and O–H groups in total. The number of carbonyl (C=O) groups excluding carboxylic acids is 1. The van der Waals surface area contributed by atoms with Crippen LogP contribution in [0.4, 0.5) is 5.82 Å². The maximum Gasteiger partial charge on any atom is 0.224 e. The van der Waals surface area contributed by atoms with E-state index in [2.05, 4.69) is 14.9 Å². The zero-order valence-corrected chi connectivity index (χ0v) is 13.9. The van der Waals surface area contributed by atoms with E-state index in [0.717, 1.165) is 12.4 Å². The number of β-amino-alcohol motifs (C(OH)–C–C–N with tert-alkyl or cyclic N) is 1. The van der Waals surface area contributed by atoms with Gasteiger partial charge in [-0.05, 0) is 18.6 Å². The molecule has 0 bridgehead atoms. The van der Waals surface area contributed by atoms with Crippen LogP contribution in [0.2, 0.25) is 0 Å². The van der Waals surface area contributed by atoms with Crippen molar-refractivity contribution in [1.29, 1.82) is 0 Å². The number of aromatic nitrogens is 3. The largest absolute Gasteiger partial charge is 0.386 e. The minimum atomic E-state index is -0.892. The molecule has 1 amide bonds. The monoisotopic (exact) mass is 329 g/mol. The Morgan fingerprint density at radius 2 is 2.29 bits per heavy atom. The van der Waals surface area contributed by atoms with Gasteiger partial charge in [0.05, 0.1) is 12.9 Å². The summed E-state index contributed by atoms with van der Waals surface area (Å²) in [6.45, 7) is 2.16. The van der Waals surface area contributed by atoms with E-state index in [-0.39, 0.29) is 5.91 Å². The van der Waals surface area contributed by atoms with Crippen molar-refractivity contribution >= 4 is 11.7 Å². The summed E-state index contributed by atoms with van der Waals surface area (Å²) in [5.41, 5.74) is -0.892. The number of anilines is 1. The first-order chi connectivity index (χ1) is 11.6. The summed E-state index contributed by atoms with van der Waals surface area (Å²) < 4.78 is 1.87. The van der Waals surface area contributed by atoms with Gasteiger partial charge in [-0.25, -0.2) is 9.97 Å². The second-order valence-electron chi connectivity index (χ2n) is 6.38. The minimum Gasteiger partial charge on any atom is -0.386 e. The van der Waals surface area contributed by atoms with Crippen LogP contribution in [0, 0.1) is 0 Å². The Bertz CT molecular complexity index is 661. The summed E-state index contributed by atoms with van der Waals surface area (Å²) in [4.78, 5) is 24.2. The fourth-order valence-electron chi connectivity index (χ4n) is 3.09. The van der Waals surface area contributed by atoms with Gasteiger partial charge in [0, 0.05) is 51.7 Å². The van der Waals surface area contributed by atoms with Crippen molar-refractivity contribution in [2.45, 2.75) is 25.0 Å². The molecule has 0 aromatic carbocycles. The zero-order chi connectivity index (χ0) is 17.0. The third-order valence-corrected chi connectivity index (χ3v) is 4.41. The van der Waals surface area contributed by atoms with Crippen LogP contribution in [0.15, 0.2) is 43.1 Å². The summed E-state index contributed by atoms with van der Waals surface area (Å²) in [6, 6.07) is 5.75. The lowest BCUT2D eigenvalue weighted by Gasteiger charge is -2.29. The van der Waals surface area contributed by atoms with E-state index in [0.29, 0.717) is 32.5 Å². The van der Waals surface area contributed by atoms with Gasteiger partial charge in [-0.2, -0.15) is 0 Å². The molecule has 0 aliphatic carbocycles. The predicted molar refractivity (Wildman–Crippen MR) is 90.5 cm³/mol. The van der Waals surface area contributed by atoms with Crippen molar-refractivity contribution in [2.24, 2.45) is 0 Å². The molecule has 0 radical (unpaired) electrons. The molecule has 24 heavy (non-hydrogen) atoms. The highest BCUT2D eigenvalue weighted by Gasteiger charge is 2.38. The second kappa shape index (κ2) is 7.00. The van der Waals surface area contributed by atoms with E-state index in [1.807, 2.05) is 29.0 Å². The smallest absolute Gasteiger partial charge is 0.224 e. The molecule has 2 aromatic rings. The standard InChI is InChI=1S/C17H23N5O2/c1-20(16(23)5-9-21-11-8-18-14-21)12-17(24)6-10-22(13-17)15-4-2-3-7-19-15/h2-4,7-8,11,14,24H,5-6,9-10,12-13H2,1H3. The van der Waals surface area contributed by atoms with Gasteiger partial charge in [0.25, 0.3) is 0 Å². The van der Waals surface area contributed by atoms with Gasteiger partial charge in [0.15, 0.2) is 0 Å². The van der Waals surface area contributed by atoms with Crippen LogP contribution in [0.1, 0.15) is 12.8 Å². The van der Waals surface area contributed by atoms with E-state index in [1.165, 1.54) is 0 Å². The SMILES string of the molecule is CN(CC1(O)CCN(c2ccccn2)C1)C(=O)CCn1ccnc1. The van der Waals surface area contributed by atoms with Gasteiger partial charge in [0.2, 0.25) is 5.91 Å². The molecule has 1 saturated heterocycles. The lowest BCUT2D eigenvalue weighted by atomic mass is 10.0. The van der Waals surface area contributed by atoms with Gasteiger partial charge >= 0.3 is 0 Å². The summed E-state index contributed by atoms with van der Waals surface area (Å²) in [5, 5.41) is 10.8. The number of pyridine rings is 1. The highest BCUT2D eigenvalue weighted by atomic mass is 16.3. The molecule has 1 aliphatic heterocycles. The number of amides is 1. The Balaban J connectivity index is 1.52. The van der Waals surface area contributed by atoms with Gasteiger partial charge < -0.3 is 19.5 Å². The Morgan fingerprint density at radius 1 is 1.42 bits per heavy atom. The molecule has 3 heterocycles. The third kappa shape index (κ3) is 3.91. The first-order valence-electron chi connectivity index (χ1n) is 8.14. The molecule has 128 valence electrons. The minimum absolute atomic E-state index is 0.0217. The van der Waals surface area contributed by atoms with Crippen molar-refractivity contribution < 1.29 is 9.90 Å². The maximum atomic E-state index is 12.3. The number of likely N-dealkylation sites (N-methyl/N-ethyl adjacent to an activating group) is 1. The summed E-state index contributed by atoms with van der Waals surface area (Å²) in [5.74, 6) is 0.885. The summed E-state index contributed by atoms with van der Waals surface area (Å²) in [7, 11) is 1.75.